The second-order valence-corrected chi connectivity index (χ2v) is 2.01. The molecule has 109 valence electrons. The predicted octanol–water partition coefficient (Wildman–Crippen LogP) is -4.62. The molecule has 0 amide bonds. The van der Waals surface area contributed by atoms with Gasteiger partial charge in [-0.05, 0) is 13.8 Å². The SMILES string of the molecule is CC(=O)[O-].CC(=O)[O-].NCCO.NCCO.[Cu+2]. The van der Waals surface area contributed by atoms with Crippen LogP contribution in [0.15, 0.2) is 0 Å². The van der Waals surface area contributed by atoms with Gasteiger partial charge in [-0.3, -0.25) is 0 Å². The summed E-state index contributed by atoms with van der Waals surface area (Å²) in [6.45, 7) is 2.89. The molecule has 0 saturated carbocycles. The summed E-state index contributed by atoms with van der Waals surface area (Å²) in [5, 5.41) is 33.3. The third kappa shape index (κ3) is 1600. The van der Waals surface area contributed by atoms with Gasteiger partial charge >= 0.3 is 17.1 Å². The summed E-state index contributed by atoms with van der Waals surface area (Å²) in [6.07, 6.45) is 0. The number of carboxylic acids is 2. The van der Waals surface area contributed by atoms with Gasteiger partial charge in [-0.2, -0.15) is 0 Å². The number of rotatable bonds is 2. The monoisotopic (exact) mass is 303 g/mol. The van der Waals surface area contributed by atoms with Crippen molar-refractivity contribution in [3.63, 3.8) is 0 Å². The smallest absolute Gasteiger partial charge is 0.550 e. The van der Waals surface area contributed by atoms with Crippen molar-refractivity contribution in [2.45, 2.75) is 13.8 Å². The second kappa shape index (κ2) is 36.2. The zero-order valence-electron chi connectivity index (χ0n) is 9.81. The van der Waals surface area contributed by atoms with E-state index in [2.05, 4.69) is 0 Å². The third-order valence-electron chi connectivity index (χ3n) is 0.258. The summed E-state index contributed by atoms with van der Waals surface area (Å²) in [7, 11) is 0. The van der Waals surface area contributed by atoms with E-state index in [9.17, 15) is 0 Å². The Morgan fingerprint density at radius 3 is 1.00 bits per heavy atom. The number of carbonyl (C=O) groups is 2. The number of aliphatic hydroxyl groups excluding tert-OH is 2. The van der Waals surface area contributed by atoms with Crippen LogP contribution in [0.2, 0.25) is 0 Å². The Labute approximate surface area is 111 Å². The van der Waals surface area contributed by atoms with Gasteiger partial charge in [0.15, 0.2) is 0 Å². The van der Waals surface area contributed by atoms with Crippen molar-refractivity contribution in [1.82, 2.24) is 0 Å². The average molecular weight is 304 g/mol. The maximum atomic E-state index is 8.89. The van der Waals surface area contributed by atoms with Crippen molar-refractivity contribution >= 4 is 11.9 Å². The Hall–Kier alpha value is -0.701. The standard InChI is InChI=1S/2C2H7NO.2C2H4O2.Cu/c2*3-1-2-4;2*1-2(3)4;/h2*4H,1-3H2;2*1H3,(H,3,4);/q;;;;+2/p-2. The van der Waals surface area contributed by atoms with Gasteiger partial charge < -0.3 is 41.5 Å². The molecule has 1 radical (unpaired) electrons. The van der Waals surface area contributed by atoms with Gasteiger partial charge in [0.05, 0.1) is 13.2 Å². The van der Waals surface area contributed by atoms with Gasteiger partial charge in [0.25, 0.3) is 0 Å². The van der Waals surface area contributed by atoms with Crippen molar-refractivity contribution in [3.8, 4) is 0 Å². The number of nitrogens with two attached hydrogens (primary N) is 2. The minimum atomic E-state index is -1.08. The number of aliphatic hydroxyl groups is 2. The first-order valence-electron chi connectivity index (χ1n) is 4.27. The molecule has 0 atom stereocenters. The summed E-state index contributed by atoms with van der Waals surface area (Å²) in [4.78, 5) is 17.8. The molecule has 9 heteroatoms. The Morgan fingerprint density at radius 2 is 1.00 bits per heavy atom. The van der Waals surface area contributed by atoms with Crippen LogP contribution in [-0.4, -0.2) is 48.5 Å². The first kappa shape index (κ1) is 29.9. The molecule has 0 spiro atoms. The summed E-state index contributed by atoms with van der Waals surface area (Å²) in [5.41, 5.74) is 9.56. The summed E-state index contributed by atoms with van der Waals surface area (Å²) in [5.74, 6) is -2.17. The van der Waals surface area contributed by atoms with E-state index in [0.717, 1.165) is 13.8 Å². The molecule has 0 aliphatic heterocycles. The maximum Gasteiger partial charge on any atom is 2.00 e. The molecule has 0 aromatic carbocycles. The van der Waals surface area contributed by atoms with Crippen LogP contribution in [-0.2, 0) is 26.7 Å². The number of hydrogen-bond acceptors (Lipinski definition) is 8. The molecule has 0 aromatic rings. The van der Waals surface area contributed by atoms with Crippen molar-refractivity contribution < 1.29 is 47.1 Å². The van der Waals surface area contributed by atoms with Gasteiger partial charge in [0.1, 0.15) is 0 Å². The molecular formula is C8H20CuN2O6. The van der Waals surface area contributed by atoms with Crippen molar-refractivity contribution in [3.05, 3.63) is 0 Å². The molecule has 8 nitrogen and oxygen atoms in total. The quantitative estimate of drug-likeness (QED) is 0.369. The Bertz CT molecular complexity index is 120. The fourth-order valence-corrected chi connectivity index (χ4v) is 0. The Kier molecular flexibility index (Phi) is 63.6. The molecule has 0 bridgehead atoms. The molecule has 0 unspecified atom stereocenters. The van der Waals surface area contributed by atoms with E-state index in [1.807, 2.05) is 0 Å². The van der Waals surface area contributed by atoms with Crippen molar-refractivity contribution in [2.24, 2.45) is 11.5 Å². The summed E-state index contributed by atoms with van der Waals surface area (Å²) < 4.78 is 0. The molecule has 6 N–H and O–H groups in total. The zero-order valence-corrected chi connectivity index (χ0v) is 10.8. The van der Waals surface area contributed by atoms with Crippen LogP contribution in [0.1, 0.15) is 13.8 Å². The molecule has 0 aliphatic rings. The first-order chi connectivity index (χ1) is 7.29. The molecular weight excluding hydrogens is 284 g/mol. The zero-order chi connectivity index (χ0) is 14.0. The minimum absolute atomic E-state index is 0. The van der Waals surface area contributed by atoms with E-state index in [1.165, 1.54) is 0 Å². The van der Waals surface area contributed by atoms with E-state index in [1.54, 1.807) is 0 Å². The van der Waals surface area contributed by atoms with E-state index in [-0.39, 0.29) is 30.3 Å². The van der Waals surface area contributed by atoms with Crippen molar-refractivity contribution in [2.75, 3.05) is 26.3 Å². The van der Waals surface area contributed by atoms with Gasteiger partial charge in [0.2, 0.25) is 0 Å². The van der Waals surface area contributed by atoms with Gasteiger partial charge in [-0.25, -0.2) is 0 Å². The predicted molar refractivity (Wildman–Crippen MR) is 53.6 cm³/mol. The van der Waals surface area contributed by atoms with Crippen LogP contribution in [0.25, 0.3) is 0 Å². The van der Waals surface area contributed by atoms with Gasteiger partial charge in [-0.1, -0.05) is 0 Å². The molecule has 0 heterocycles. The van der Waals surface area contributed by atoms with Gasteiger partial charge in [0, 0.05) is 25.0 Å². The van der Waals surface area contributed by atoms with Crippen molar-refractivity contribution in [1.29, 1.82) is 0 Å². The number of carbonyl (C=O) groups excluding carboxylic acids is 2. The average Bonchev–Trinajstić information content (AvgIpc) is 2.16. The fraction of sp³-hybridized carbons (Fsp3) is 0.750. The Morgan fingerprint density at radius 1 is 0.941 bits per heavy atom. The second-order valence-electron chi connectivity index (χ2n) is 2.01. The molecule has 0 fully saturated rings. The van der Waals surface area contributed by atoms with E-state index in [0.29, 0.717) is 13.1 Å². The van der Waals surface area contributed by atoms with Crippen LogP contribution in [0, 0.1) is 0 Å². The van der Waals surface area contributed by atoms with E-state index in [4.69, 9.17) is 41.5 Å². The van der Waals surface area contributed by atoms with E-state index >= 15 is 0 Å². The fourth-order valence-electron chi connectivity index (χ4n) is 0. The minimum Gasteiger partial charge on any atom is -0.550 e. The van der Waals surface area contributed by atoms with Crippen LogP contribution in [0.4, 0.5) is 0 Å². The Balaban J connectivity index is -0.0000000369. The molecule has 0 aromatic heterocycles. The largest absolute Gasteiger partial charge is 2.00 e. The van der Waals surface area contributed by atoms with Crippen LogP contribution < -0.4 is 21.7 Å². The number of carboxylic acid groups (broad SMARTS) is 2. The van der Waals surface area contributed by atoms with Gasteiger partial charge in [-0.15, -0.1) is 0 Å². The van der Waals surface area contributed by atoms with Crippen LogP contribution in [0.3, 0.4) is 0 Å². The third-order valence-corrected chi connectivity index (χ3v) is 0.258. The number of aliphatic carboxylic acids is 2. The topological polar surface area (TPSA) is 173 Å². The van der Waals surface area contributed by atoms with Crippen LogP contribution in [0.5, 0.6) is 0 Å². The van der Waals surface area contributed by atoms with Crippen LogP contribution >= 0.6 is 0 Å². The summed E-state index contributed by atoms with van der Waals surface area (Å²) in [6, 6.07) is 0. The molecule has 17 heavy (non-hydrogen) atoms. The molecule has 0 aliphatic carbocycles. The first-order valence-corrected chi connectivity index (χ1v) is 4.27. The number of hydrogen-bond donors (Lipinski definition) is 4. The summed E-state index contributed by atoms with van der Waals surface area (Å²) >= 11 is 0. The maximum absolute atomic E-state index is 8.89. The molecule has 0 saturated heterocycles. The normalized spacial score (nSPS) is 6.47. The van der Waals surface area contributed by atoms with E-state index < -0.39 is 11.9 Å². The molecule has 0 rings (SSSR count).